The van der Waals surface area contributed by atoms with E-state index in [1.54, 1.807) is 12.4 Å². The average molecular weight is 424 g/mol. The smallest absolute Gasteiger partial charge is 0.227 e. The molecule has 1 aromatic carbocycles. The molecule has 0 saturated carbocycles. The Morgan fingerprint density at radius 2 is 2.10 bits per heavy atom. The number of aromatic nitrogens is 4. The summed E-state index contributed by atoms with van der Waals surface area (Å²) in [5.41, 5.74) is 3.71. The summed E-state index contributed by atoms with van der Waals surface area (Å²) < 4.78 is 1.81. The molecule has 0 fully saturated rings. The Morgan fingerprint density at radius 3 is 2.93 bits per heavy atom. The van der Waals surface area contributed by atoms with E-state index in [0.29, 0.717) is 23.3 Å². The molecule has 1 atom stereocenters. The molecule has 2 aliphatic rings. The van der Waals surface area contributed by atoms with Gasteiger partial charge in [-0.25, -0.2) is 4.68 Å². The van der Waals surface area contributed by atoms with Crippen LogP contribution < -0.4 is 5.32 Å². The van der Waals surface area contributed by atoms with Gasteiger partial charge in [-0.2, -0.15) is 4.98 Å². The molecule has 0 radical (unpaired) electrons. The van der Waals surface area contributed by atoms with E-state index in [1.807, 2.05) is 41.1 Å². The van der Waals surface area contributed by atoms with Crippen molar-refractivity contribution in [2.24, 2.45) is 0 Å². The lowest BCUT2D eigenvalue weighted by molar-refractivity contribution is -0.116. The fourth-order valence-electron chi connectivity index (χ4n) is 3.80. The number of carbonyl (C=O) groups is 1. The predicted octanol–water partition coefficient (Wildman–Crippen LogP) is 4.64. The highest BCUT2D eigenvalue weighted by Gasteiger charge is 2.36. The van der Waals surface area contributed by atoms with E-state index in [-0.39, 0.29) is 11.8 Å². The Balaban J connectivity index is 1.50. The fourth-order valence-corrected chi connectivity index (χ4v) is 4.92. The van der Waals surface area contributed by atoms with Gasteiger partial charge in [0.1, 0.15) is 6.04 Å². The number of anilines is 1. The maximum Gasteiger partial charge on any atom is 0.227 e. The number of halogens is 1. The van der Waals surface area contributed by atoms with Gasteiger partial charge in [-0.3, -0.25) is 9.78 Å². The number of rotatable bonds is 4. The highest BCUT2D eigenvalue weighted by atomic mass is 35.5. The van der Waals surface area contributed by atoms with E-state index < -0.39 is 0 Å². The number of ketones is 1. The molecule has 0 amide bonds. The normalized spacial score (nSPS) is 18.2. The van der Waals surface area contributed by atoms with E-state index in [9.17, 15) is 4.79 Å². The van der Waals surface area contributed by atoms with Crippen LogP contribution in [0.5, 0.6) is 0 Å². The van der Waals surface area contributed by atoms with Gasteiger partial charge in [-0.1, -0.05) is 47.6 Å². The highest BCUT2D eigenvalue weighted by molar-refractivity contribution is 7.98. The van der Waals surface area contributed by atoms with Crippen LogP contribution in [0.4, 0.5) is 5.95 Å². The first-order valence-corrected chi connectivity index (χ1v) is 10.8. The Hall–Kier alpha value is -2.64. The Morgan fingerprint density at radius 1 is 1.21 bits per heavy atom. The van der Waals surface area contributed by atoms with Crippen LogP contribution in [0.2, 0.25) is 5.02 Å². The molecule has 0 spiro atoms. The minimum atomic E-state index is -0.301. The molecule has 3 aromatic rings. The van der Waals surface area contributed by atoms with Crippen LogP contribution in [-0.4, -0.2) is 25.5 Å². The zero-order valence-electron chi connectivity index (χ0n) is 15.5. The molecule has 1 aliphatic carbocycles. The molecule has 1 unspecified atom stereocenters. The summed E-state index contributed by atoms with van der Waals surface area (Å²) in [7, 11) is 0. The summed E-state index contributed by atoms with van der Waals surface area (Å²) in [4.78, 5) is 21.7. The molecular formula is C21H18ClN5OS. The largest absolute Gasteiger partial charge is 0.328 e. The lowest BCUT2D eigenvalue weighted by atomic mass is 9.86. The minimum absolute atomic E-state index is 0.166. The summed E-state index contributed by atoms with van der Waals surface area (Å²) in [5, 5.41) is 9.46. The summed E-state index contributed by atoms with van der Waals surface area (Å²) in [6.45, 7) is 0. The maximum atomic E-state index is 12.8. The van der Waals surface area contributed by atoms with Crippen molar-refractivity contribution >= 4 is 35.1 Å². The topological polar surface area (TPSA) is 72.7 Å². The number of benzene rings is 1. The molecule has 8 heteroatoms. The number of hydrogen-bond donors (Lipinski definition) is 1. The SMILES string of the molecule is O=C1CCCC2=C1C(c1cccnc1)n1nc(SCc3ccccc3Cl)nc1N2. The van der Waals surface area contributed by atoms with E-state index in [1.165, 1.54) is 11.8 Å². The Bertz CT molecular complexity index is 1110. The van der Waals surface area contributed by atoms with Gasteiger partial charge in [0.15, 0.2) is 5.78 Å². The Kier molecular flexibility index (Phi) is 4.85. The lowest BCUT2D eigenvalue weighted by Crippen LogP contribution is -2.31. The third-order valence-electron chi connectivity index (χ3n) is 5.16. The second-order valence-electron chi connectivity index (χ2n) is 7.03. The molecule has 6 nitrogen and oxygen atoms in total. The lowest BCUT2D eigenvalue weighted by Gasteiger charge is -2.31. The standard InChI is InChI=1S/C21H18ClN5OS/c22-15-7-2-1-5-14(15)12-29-21-25-20-24-16-8-3-9-17(28)18(16)19(27(20)26-21)13-6-4-10-23-11-13/h1-2,4-7,10-11,19H,3,8-9,12H2,(H,24,25,26). The fraction of sp³-hybridized carbons (Fsp3) is 0.238. The third kappa shape index (κ3) is 3.45. The van der Waals surface area contributed by atoms with Gasteiger partial charge in [0.05, 0.1) is 0 Å². The first-order valence-electron chi connectivity index (χ1n) is 9.46. The number of nitrogens with zero attached hydrogens (tertiary/aromatic N) is 4. The number of Topliss-reactive ketones (excluding diaryl/α,β-unsaturated/α-hetero) is 1. The van der Waals surface area contributed by atoms with Gasteiger partial charge in [-0.15, -0.1) is 5.10 Å². The maximum absolute atomic E-state index is 12.8. The van der Waals surface area contributed by atoms with Crippen molar-refractivity contribution in [3.8, 4) is 0 Å². The zero-order chi connectivity index (χ0) is 19.8. The van der Waals surface area contributed by atoms with Gasteiger partial charge >= 0.3 is 0 Å². The van der Waals surface area contributed by atoms with Gasteiger partial charge < -0.3 is 5.32 Å². The molecule has 5 rings (SSSR count). The first kappa shape index (κ1) is 18.4. The summed E-state index contributed by atoms with van der Waals surface area (Å²) in [6, 6.07) is 11.3. The molecule has 29 heavy (non-hydrogen) atoms. The van der Waals surface area contributed by atoms with Crippen LogP contribution in [0, 0.1) is 0 Å². The number of nitrogens with one attached hydrogen (secondary N) is 1. The number of allylic oxidation sites excluding steroid dienone is 2. The van der Waals surface area contributed by atoms with Gasteiger partial charge in [-0.05, 0) is 36.1 Å². The van der Waals surface area contributed by atoms with Crippen LogP contribution in [0.3, 0.4) is 0 Å². The molecule has 2 aromatic heterocycles. The second kappa shape index (κ2) is 7.65. The van der Waals surface area contributed by atoms with Crippen molar-refractivity contribution in [3.05, 3.63) is 76.2 Å². The van der Waals surface area contributed by atoms with Crippen molar-refractivity contribution in [1.82, 2.24) is 19.7 Å². The molecule has 1 aliphatic heterocycles. The zero-order valence-corrected chi connectivity index (χ0v) is 17.1. The quantitative estimate of drug-likeness (QED) is 0.616. The summed E-state index contributed by atoms with van der Waals surface area (Å²) in [6.07, 6.45) is 5.79. The predicted molar refractivity (Wildman–Crippen MR) is 113 cm³/mol. The number of hydrogen-bond acceptors (Lipinski definition) is 6. The molecule has 3 heterocycles. The number of pyridine rings is 1. The van der Waals surface area contributed by atoms with Gasteiger partial charge in [0.25, 0.3) is 0 Å². The average Bonchev–Trinajstić information content (AvgIpc) is 3.15. The molecule has 1 N–H and O–H groups in total. The molecular weight excluding hydrogens is 406 g/mol. The van der Waals surface area contributed by atoms with Crippen molar-refractivity contribution < 1.29 is 4.79 Å². The highest BCUT2D eigenvalue weighted by Crippen LogP contribution is 2.40. The number of carbonyl (C=O) groups excluding carboxylic acids is 1. The van der Waals surface area contributed by atoms with Crippen LogP contribution in [-0.2, 0) is 10.5 Å². The molecule has 146 valence electrons. The summed E-state index contributed by atoms with van der Waals surface area (Å²) >= 11 is 7.80. The number of fused-ring (bicyclic) bond motifs is 1. The van der Waals surface area contributed by atoms with E-state index in [2.05, 4.69) is 15.3 Å². The van der Waals surface area contributed by atoms with Crippen LogP contribution in [0.1, 0.15) is 36.4 Å². The van der Waals surface area contributed by atoms with E-state index in [0.717, 1.165) is 40.3 Å². The van der Waals surface area contributed by atoms with E-state index >= 15 is 0 Å². The number of thioether (sulfide) groups is 1. The van der Waals surface area contributed by atoms with Crippen molar-refractivity contribution in [1.29, 1.82) is 0 Å². The summed E-state index contributed by atoms with van der Waals surface area (Å²) in [5.74, 6) is 1.50. The monoisotopic (exact) mass is 423 g/mol. The molecule has 0 saturated heterocycles. The first-order chi connectivity index (χ1) is 14.2. The van der Waals surface area contributed by atoms with Crippen molar-refractivity contribution in [2.75, 3.05) is 5.32 Å². The second-order valence-corrected chi connectivity index (χ2v) is 8.38. The van der Waals surface area contributed by atoms with Crippen molar-refractivity contribution in [3.63, 3.8) is 0 Å². The van der Waals surface area contributed by atoms with E-state index in [4.69, 9.17) is 16.7 Å². The van der Waals surface area contributed by atoms with Crippen LogP contribution in [0.25, 0.3) is 0 Å². The Labute approximate surface area is 177 Å². The van der Waals surface area contributed by atoms with Crippen LogP contribution >= 0.6 is 23.4 Å². The third-order valence-corrected chi connectivity index (χ3v) is 6.42. The minimum Gasteiger partial charge on any atom is -0.328 e. The van der Waals surface area contributed by atoms with Crippen LogP contribution in [0.15, 0.2) is 65.2 Å². The van der Waals surface area contributed by atoms with Gasteiger partial charge in [0.2, 0.25) is 11.1 Å². The van der Waals surface area contributed by atoms with Gasteiger partial charge in [0, 0.05) is 40.9 Å². The van der Waals surface area contributed by atoms with Crippen molar-refractivity contribution in [2.45, 2.75) is 36.2 Å². The molecule has 0 bridgehead atoms.